The monoisotopic (exact) mass is 407 g/mol. The van der Waals surface area contributed by atoms with Crippen molar-refractivity contribution in [3.8, 4) is 28.6 Å². The maximum atomic E-state index is 11.5. The molecule has 30 heavy (non-hydrogen) atoms. The predicted octanol–water partition coefficient (Wildman–Crippen LogP) is 3.61. The number of hydrogen-bond donors (Lipinski definition) is 1. The molecule has 4 rings (SSSR count). The number of nitrogens with one attached hydrogen (secondary N) is 1. The molecule has 1 aromatic carbocycles. The van der Waals surface area contributed by atoms with Crippen molar-refractivity contribution in [2.24, 2.45) is 5.92 Å². The lowest BCUT2D eigenvalue weighted by molar-refractivity contribution is -0.119. The molecule has 7 nitrogen and oxygen atoms in total. The number of fused-ring (bicyclic) bond motifs is 1. The molecule has 1 aliphatic heterocycles. The van der Waals surface area contributed by atoms with Gasteiger partial charge < -0.3 is 19.5 Å². The van der Waals surface area contributed by atoms with E-state index in [9.17, 15) is 4.79 Å². The molecule has 0 unspecified atom stereocenters. The average molecular weight is 407 g/mol. The van der Waals surface area contributed by atoms with Crippen molar-refractivity contribution >= 4 is 16.8 Å². The number of ether oxygens (including phenoxy) is 3. The van der Waals surface area contributed by atoms with E-state index in [1.807, 2.05) is 36.4 Å². The molecule has 156 valence electrons. The molecular weight excluding hydrogens is 382 g/mol. The zero-order valence-corrected chi connectivity index (χ0v) is 17.2. The summed E-state index contributed by atoms with van der Waals surface area (Å²) in [5.41, 5.74) is 2.41. The predicted molar refractivity (Wildman–Crippen MR) is 114 cm³/mol. The maximum absolute atomic E-state index is 11.5. The fourth-order valence-electron chi connectivity index (χ4n) is 3.44. The van der Waals surface area contributed by atoms with Gasteiger partial charge in [0.05, 0.1) is 36.9 Å². The van der Waals surface area contributed by atoms with Crippen LogP contribution in [0.5, 0.6) is 17.4 Å². The van der Waals surface area contributed by atoms with Gasteiger partial charge in [-0.3, -0.25) is 9.78 Å². The lowest BCUT2D eigenvalue weighted by atomic mass is 10.1. The first kappa shape index (κ1) is 19.9. The zero-order chi connectivity index (χ0) is 20.9. The quantitative estimate of drug-likeness (QED) is 0.614. The van der Waals surface area contributed by atoms with Crippen LogP contribution in [0, 0.1) is 5.92 Å². The first-order valence-corrected chi connectivity index (χ1v) is 10.1. The molecule has 3 heterocycles. The molecule has 0 radical (unpaired) electrons. The summed E-state index contributed by atoms with van der Waals surface area (Å²) in [6, 6.07) is 11.5. The fraction of sp³-hybridized carbons (Fsp3) is 0.348. The number of pyridine rings is 2. The molecule has 1 aliphatic rings. The first-order chi connectivity index (χ1) is 14.7. The average Bonchev–Trinajstić information content (AvgIpc) is 3.20. The van der Waals surface area contributed by atoms with Crippen molar-refractivity contribution in [1.82, 2.24) is 15.3 Å². The van der Waals surface area contributed by atoms with Gasteiger partial charge in [0, 0.05) is 30.6 Å². The van der Waals surface area contributed by atoms with Gasteiger partial charge in [0.2, 0.25) is 11.8 Å². The second-order valence-electron chi connectivity index (χ2n) is 7.28. The first-order valence-electron chi connectivity index (χ1n) is 10.1. The Morgan fingerprint density at radius 3 is 2.83 bits per heavy atom. The third-order valence-electron chi connectivity index (χ3n) is 5.00. The number of methoxy groups -OCH3 is 1. The summed E-state index contributed by atoms with van der Waals surface area (Å²) in [5.74, 6) is 2.08. The van der Waals surface area contributed by atoms with Crippen molar-refractivity contribution in [2.45, 2.75) is 19.8 Å². The topological polar surface area (TPSA) is 82.6 Å². The number of aromatic nitrogens is 2. The normalized spacial score (nSPS) is 15.8. The van der Waals surface area contributed by atoms with E-state index < -0.39 is 0 Å². The highest BCUT2D eigenvalue weighted by atomic mass is 16.5. The van der Waals surface area contributed by atoms with Gasteiger partial charge in [-0.25, -0.2) is 4.98 Å². The van der Waals surface area contributed by atoms with Gasteiger partial charge in [0.25, 0.3) is 0 Å². The molecule has 1 N–H and O–H groups in total. The third-order valence-corrected chi connectivity index (χ3v) is 5.00. The van der Waals surface area contributed by atoms with Gasteiger partial charge >= 0.3 is 0 Å². The number of hydrogen-bond acceptors (Lipinski definition) is 6. The van der Waals surface area contributed by atoms with E-state index in [1.165, 1.54) is 0 Å². The van der Waals surface area contributed by atoms with E-state index >= 15 is 0 Å². The SMILES string of the molecule is CCCOc1ccc(-c2cc3ncccc3c(OC[C@H]3CNC(=O)C3)n2)cc1OC. The molecule has 0 aliphatic carbocycles. The standard InChI is InChI=1S/C23H25N3O4/c1-3-9-29-20-7-6-16(11-21(20)28-2)18-12-19-17(5-4-8-24-19)23(26-18)30-14-15-10-22(27)25-13-15/h4-8,11-12,15H,3,9-10,13-14H2,1-2H3,(H,25,27)/t15-/m1/s1. The van der Waals surface area contributed by atoms with E-state index in [2.05, 4.69) is 17.2 Å². The van der Waals surface area contributed by atoms with Crippen LogP contribution in [0.3, 0.4) is 0 Å². The summed E-state index contributed by atoms with van der Waals surface area (Å²) in [6.45, 7) is 3.74. The van der Waals surface area contributed by atoms with Crippen LogP contribution in [0.25, 0.3) is 22.2 Å². The zero-order valence-electron chi connectivity index (χ0n) is 17.2. The summed E-state index contributed by atoms with van der Waals surface area (Å²) in [4.78, 5) is 20.7. The Morgan fingerprint density at radius 2 is 2.07 bits per heavy atom. The maximum Gasteiger partial charge on any atom is 0.223 e. The Bertz CT molecular complexity index is 1050. The highest BCUT2D eigenvalue weighted by Crippen LogP contribution is 2.34. The third kappa shape index (κ3) is 4.30. The van der Waals surface area contributed by atoms with E-state index in [-0.39, 0.29) is 11.8 Å². The van der Waals surface area contributed by atoms with Crippen LogP contribution < -0.4 is 19.5 Å². The molecule has 0 bridgehead atoms. The molecular formula is C23H25N3O4. The summed E-state index contributed by atoms with van der Waals surface area (Å²) >= 11 is 0. The van der Waals surface area contributed by atoms with Crippen LogP contribution in [-0.4, -0.2) is 42.7 Å². The molecule has 1 amide bonds. The van der Waals surface area contributed by atoms with E-state index in [0.29, 0.717) is 43.6 Å². The minimum atomic E-state index is 0.0642. The number of benzene rings is 1. The van der Waals surface area contributed by atoms with Gasteiger partial charge in [-0.15, -0.1) is 0 Å². The lowest BCUT2D eigenvalue weighted by Crippen LogP contribution is -2.17. The van der Waals surface area contributed by atoms with Gasteiger partial charge in [-0.05, 0) is 42.8 Å². The fourth-order valence-corrected chi connectivity index (χ4v) is 3.44. The van der Waals surface area contributed by atoms with Gasteiger partial charge in [-0.1, -0.05) is 6.92 Å². The minimum absolute atomic E-state index is 0.0642. The minimum Gasteiger partial charge on any atom is -0.493 e. The lowest BCUT2D eigenvalue weighted by Gasteiger charge is -2.14. The van der Waals surface area contributed by atoms with Crippen LogP contribution in [0.2, 0.25) is 0 Å². The molecule has 0 saturated carbocycles. The molecule has 1 atom stereocenters. The number of rotatable bonds is 8. The van der Waals surface area contributed by atoms with Crippen LogP contribution in [0.4, 0.5) is 0 Å². The van der Waals surface area contributed by atoms with Crippen molar-refractivity contribution in [3.63, 3.8) is 0 Å². The highest BCUT2D eigenvalue weighted by molar-refractivity contribution is 5.87. The van der Waals surface area contributed by atoms with Crippen molar-refractivity contribution in [2.75, 3.05) is 26.9 Å². The summed E-state index contributed by atoms with van der Waals surface area (Å²) in [5, 5.41) is 3.68. The van der Waals surface area contributed by atoms with E-state index in [1.54, 1.807) is 13.3 Å². The molecule has 1 fully saturated rings. The molecule has 2 aromatic heterocycles. The Labute approximate surface area is 175 Å². The second-order valence-corrected chi connectivity index (χ2v) is 7.28. The van der Waals surface area contributed by atoms with Crippen LogP contribution >= 0.6 is 0 Å². The van der Waals surface area contributed by atoms with Crippen molar-refractivity contribution in [1.29, 1.82) is 0 Å². The molecule has 0 spiro atoms. The summed E-state index contributed by atoms with van der Waals surface area (Å²) in [7, 11) is 1.62. The Morgan fingerprint density at radius 1 is 1.17 bits per heavy atom. The van der Waals surface area contributed by atoms with E-state index in [4.69, 9.17) is 19.2 Å². The van der Waals surface area contributed by atoms with Gasteiger partial charge in [0.15, 0.2) is 11.5 Å². The molecule has 1 saturated heterocycles. The number of amides is 1. The Kier molecular flexibility index (Phi) is 5.97. The summed E-state index contributed by atoms with van der Waals surface area (Å²) in [6.07, 6.45) is 3.15. The molecule has 3 aromatic rings. The highest BCUT2D eigenvalue weighted by Gasteiger charge is 2.22. The molecule has 7 heteroatoms. The van der Waals surface area contributed by atoms with Crippen LogP contribution in [0.1, 0.15) is 19.8 Å². The second kappa shape index (κ2) is 8.98. The smallest absolute Gasteiger partial charge is 0.223 e. The van der Waals surface area contributed by atoms with Crippen LogP contribution in [0.15, 0.2) is 42.6 Å². The van der Waals surface area contributed by atoms with E-state index in [0.717, 1.165) is 28.6 Å². The Hall–Kier alpha value is -3.35. The van der Waals surface area contributed by atoms with Crippen LogP contribution in [-0.2, 0) is 4.79 Å². The Balaban J connectivity index is 1.66. The number of nitrogens with zero attached hydrogens (tertiary/aromatic N) is 2. The van der Waals surface area contributed by atoms with Gasteiger partial charge in [-0.2, -0.15) is 0 Å². The summed E-state index contributed by atoms with van der Waals surface area (Å²) < 4.78 is 17.3. The number of carbonyl (C=O) groups excluding carboxylic acids is 1. The largest absolute Gasteiger partial charge is 0.493 e. The van der Waals surface area contributed by atoms with Crippen molar-refractivity contribution in [3.05, 3.63) is 42.6 Å². The van der Waals surface area contributed by atoms with Crippen molar-refractivity contribution < 1.29 is 19.0 Å². The van der Waals surface area contributed by atoms with Gasteiger partial charge in [0.1, 0.15) is 0 Å². The number of carbonyl (C=O) groups is 1.